The molecule has 7 nitrogen and oxygen atoms in total. The van der Waals surface area contributed by atoms with Crippen LogP contribution in [0.2, 0.25) is 0 Å². The Labute approximate surface area is 192 Å². The quantitative estimate of drug-likeness (QED) is 0.393. The Balaban J connectivity index is 1.63. The van der Waals surface area contributed by atoms with Crippen molar-refractivity contribution >= 4 is 17.7 Å². The zero-order valence-corrected chi connectivity index (χ0v) is 18.6. The first-order valence-electron chi connectivity index (χ1n) is 10.7. The summed E-state index contributed by atoms with van der Waals surface area (Å²) >= 11 is 0. The minimum absolute atomic E-state index is 0.255. The highest BCUT2D eigenvalue weighted by atomic mass is 16.5. The van der Waals surface area contributed by atoms with Gasteiger partial charge in [-0.25, -0.2) is 0 Å². The van der Waals surface area contributed by atoms with Gasteiger partial charge in [-0.1, -0.05) is 36.4 Å². The molecule has 7 heteroatoms. The fraction of sp³-hybridized carbons (Fsp3) is 0.231. The van der Waals surface area contributed by atoms with E-state index >= 15 is 0 Å². The number of carbonyl (C=O) groups excluding carboxylic acids is 3. The zero-order valence-electron chi connectivity index (χ0n) is 18.6. The molecule has 2 aromatic carbocycles. The SMILES string of the molecule is COCCCN1C(=O)c2ccc(C(=O)N(C)C(c3ccccc3)c3ccccn3)cc2C1=O. The average molecular weight is 444 g/mol. The summed E-state index contributed by atoms with van der Waals surface area (Å²) in [5.41, 5.74) is 2.57. The van der Waals surface area contributed by atoms with Gasteiger partial charge in [0.2, 0.25) is 0 Å². The Kier molecular flexibility index (Phi) is 6.60. The number of nitrogens with zero attached hydrogens (tertiary/aromatic N) is 3. The van der Waals surface area contributed by atoms with Gasteiger partial charge in [0.15, 0.2) is 0 Å². The molecule has 0 N–H and O–H groups in total. The predicted molar refractivity (Wildman–Crippen MR) is 123 cm³/mol. The lowest BCUT2D eigenvalue weighted by Crippen LogP contribution is -2.32. The number of amides is 3. The molecule has 0 saturated heterocycles. The third-order valence-corrected chi connectivity index (χ3v) is 5.74. The smallest absolute Gasteiger partial charge is 0.261 e. The summed E-state index contributed by atoms with van der Waals surface area (Å²) in [6.45, 7) is 0.732. The Hall–Kier alpha value is -3.84. The number of rotatable bonds is 8. The highest BCUT2D eigenvalue weighted by Gasteiger charge is 2.36. The van der Waals surface area contributed by atoms with Crippen molar-refractivity contribution in [1.29, 1.82) is 0 Å². The van der Waals surface area contributed by atoms with Crippen LogP contribution in [0.1, 0.15) is 54.8 Å². The molecule has 3 aromatic rings. The number of pyridine rings is 1. The van der Waals surface area contributed by atoms with Gasteiger partial charge in [-0.15, -0.1) is 0 Å². The summed E-state index contributed by atoms with van der Waals surface area (Å²) in [6.07, 6.45) is 2.25. The topological polar surface area (TPSA) is 79.8 Å². The van der Waals surface area contributed by atoms with Crippen LogP contribution in [-0.4, -0.2) is 59.8 Å². The molecule has 2 heterocycles. The monoisotopic (exact) mass is 443 g/mol. The maximum atomic E-state index is 13.5. The number of methoxy groups -OCH3 is 1. The van der Waals surface area contributed by atoms with Crippen LogP contribution in [0.5, 0.6) is 0 Å². The van der Waals surface area contributed by atoms with Crippen LogP contribution in [0.15, 0.2) is 72.9 Å². The van der Waals surface area contributed by atoms with Crippen LogP contribution >= 0.6 is 0 Å². The van der Waals surface area contributed by atoms with E-state index in [1.165, 1.54) is 11.0 Å². The number of benzene rings is 2. The molecule has 0 aliphatic carbocycles. The highest BCUT2D eigenvalue weighted by Crippen LogP contribution is 2.29. The van der Waals surface area contributed by atoms with E-state index < -0.39 is 6.04 Å². The molecular weight excluding hydrogens is 418 g/mol. The van der Waals surface area contributed by atoms with E-state index in [2.05, 4.69) is 4.98 Å². The number of imide groups is 1. The third-order valence-electron chi connectivity index (χ3n) is 5.74. The Bertz CT molecular complexity index is 1130. The second-order valence-corrected chi connectivity index (χ2v) is 7.85. The van der Waals surface area contributed by atoms with Gasteiger partial charge in [0.1, 0.15) is 0 Å². The van der Waals surface area contributed by atoms with Gasteiger partial charge in [-0.05, 0) is 42.3 Å². The molecule has 0 bridgehead atoms. The van der Waals surface area contributed by atoms with E-state index in [0.29, 0.717) is 24.2 Å². The van der Waals surface area contributed by atoms with Gasteiger partial charge in [-0.2, -0.15) is 0 Å². The molecule has 0 spiro atoms. The normalized spacial score (nSPS) is 13.7. The van der Waals surface area contributed by atoms with E-state index in [9.17, 15) is 14.4 Å². The lowest BCUT2D eigenvalue weighted by Gasteiger charge is -2.28. The fourth-order valence-electron chi connectivity index (χ4n) is 4.08. The number of carbonyl (C=O) groups is 3. The molecule has 0 radical (unpaired) electrons. The first-order chi connectivity index (χ1) is 16.0. The molecule has 0 fully saturated rings. The van der Waals surface area contributed by atoms with Crippen LogP contribution in [0.4, 0.5) is 0 Å². The molecule has 4 rings (SSSR count). The van der Waals surface area contributed by atoms with E-state index in [1.807, 2.05) is 48.5 Å². The summed E-state index contributed by atoms with van der Waals surface area (Å²) < 4.78 is 5.02. The number of fused-ring (bicyclic) bond motifs is 1. The van der Waals surface area contributed by atoms with Crippen LogP contribution in [0, 0.1) is 0 Å². The molecule has 0 saturated carbocycles. The van der Waals surface area contributed by atoms with Crippen molar-refractivity contribution in [3.8, 4) is 0 Å². The molecule has 1 atom stereocenters. The second kappa shape index (κ2) is 9.75. The fourth-order valence-corrected chi connectivity index (χ4v) is 4.08. The van der Waals surface area contributed by atoms with Gasteiger partial charge in [0.25, 0.3) is 17.7 Å². The van der Waals surface area contributed by atoms with E-state index in [1.54, 1.807) is 37.4 Å². The third kappa shape index (κ3) is 4.40. The minimum atomic E-state index is -0.406. The minimum Gasteiger partial charge on any atom is -0.385 e. The Morgan fingerprint density at radius 1 is 1.00 bits per heavy atom. The number of aromatic nitrogens is 1. The van der Waals surface area contributed by atoms with Crippen LogP contribution in [-0.2, 0) is 4.74 Å². The van der Waals surface area contributed by atoms with Crippen molar-refractivity contribution in [2.75, 3.05) is 27.3 Å². The Morgan fingerprint density at radius 3 is 2.42 bits per heavy atom. The first kappa shape index (κ1) is 22.4. The highest BCUT2D eigenvalue weighted by molar-refractivity contribution is 6.22. The molecule has 1 aliphatic rings. The van der Waals surface area contributed by atoms with Crippen LogP contribution < -0.4 is 0 Å². The van der Waals surface area contributed by atoms with Crippen LogP contribution in [0.3, 0.4) is 0 Å². The first-order valence-corrected chi connectivity index (χ1v) is 10.7. The summed E-state index contributed by atoms with van der Waals surface area (Å²) in [6, 6.07) is 19.5. The van der Waals surface area contributed by atoms with Crippen molar-refractivity contribution < 1.29 is 19.1 Å². The second-order valence-electron chi connectivity index (χ2n) is 7.85. The largest absolute Gasteiger partial charge is 0.385 e. The molecule has 3 amide bonds. The lowest BCUT2D eigenvalue weighted by atomic mass is 9.99. The van der Waals surface area contributed by atoms with E-state index in [0.717, 1.165) is 11.3 Å². The van der Waals surface area contributed by atoms with E-state index in [-0.39, 0.29) is 29.8 Å². The summed E-state index contributed by atoms with van der Waals surface area (Å²) in [4.78, 5) is 46.3. The van der Waals surface area contributed by atoms with Crippen molar-refractivity contribution in [3.05, 3.63) is 101 Å². The summed E-state index contributed by atoms with van der Waals surface area (Å²) in [5.74, 6) is -0.989. The predicted octanol–water partition coefficient (Wildman–Crippen LogP) is 3.58. The molecule has 1 aliphatic heterocycles. The summed E-state index contributed by atoms with van der Waals surface area (Å²) in [5, 5.41) is 0. The van der Waals surface area contributed by atoms with Gasteiger partial charge in [0, 0.05) is 39.1 Å². The van der Waals surface area contributed by atoms with Gasteiger partial charge in [0.05, 0.1) is 22.9 Å². The maximum Gasteiger partial charge on any atom is 0.261 e. The van der Waals surface area contributed by atoms with Crippen LogP contribution in [0.25, 0.3) is 0 Å². The van der Waals surface area contributed by atoms with Gasteiger partial charge >= 0.3 is 0 Å². The zero-order chi connectivity index (χ0) is 23.4. The maximum absolute atomic E-state index is 13.5. The Morgan fingerprint density at radius 2 is 1.73 bits per heavy atom. The number of hydrogen-bond acceptors (Lipinski definition) is 5. The van der Waals surface area contributed by atoms with Crippen molar-refractivity contribution in [1.82, 2.24) is 14.8 Å². The lowest BCUT2D eigenvalue weighted by molar-refractivity contribution is 0.0638. The van der Waals surface area contributed by atoms with Crippen molar-refractivity contribution in [3.63, 3.8) is 0 Å². The van der Waals surface area contributed by atoms with Gasteiger partial charge in [-0.3, -0.25) is 24.3 Å². The van der Waals surface area contributed by atoms with Gasteiger partial charge < -0.3 is 9.64 Å². The molecule has 1 aromatic heterocycles. The molecule has 1 unspecified atom stereocenters. The molecule has 168 valence electrons. The van der Waals surface area contributed by atoms with E-state index in [4.69, 9.17) is 4.74 Å². The average Bonchev–Trinajstić information content (AvgIpc) is 3.09. The molecular formula is C26H25N3O4. The summed E-state index contributed by atoms with van der Waals surface area (Å²) in [7, 11) is 3.29. The standard InChI is InChI=1S/C26H25N3O4/c1-28(23(18-9-4-3-5-10-18)22-11-6-7-14-27-22)24(30)19-12-13-20-21(17-19)26(32)29(25(20)31)15-8-16-33-2/h3-7,9-14,17,23H,8,15-16H2,1-2H3. The molecule has 33 heavy (non-hydrogen) atoms. The number of hydrogen-bond donors (Lipinski definition) is 0. The van der Waals surface area contributed by atoms with Crippen molar-refractivity contribution in [2.24, 2.45) is 0 Å². The number of ether oxygens (including phenoxy) is 1. The van der Waals surface area contributed by atoms with Crippen molar-refractivity contribution in [2.45, 2.75) is 12.5 Å².